The zero-order chi connectivity index (χ0) is 28.1. The number of hydrogen-bond donors (Lipinski definition) is 0. The van der Waals surface area contributed by atoms with Crippen molar-refractivity contribution in [2.24, 2.45) is 0 Å². The zero-order valence-corrected chi connectivity index (χ0v) is 22.8. The third kappa shape index (κ3) is 3.05. The van der Waals surface area contributed by atoms with E-state index >= 15 is 0 Å². The summed E-state index contributed by atoms with van der Waals surface area (Å²) in [5.41, 5.74) is 8.10. The zero-order valence-electron chi connectivity index (χ0n) is 22.8. The molecule has 10 aromatic rings. The molecule has 0 unspecified atom stereocenters. The topological polar surface area (TPSA) is 57.0 Å². The average Bonchev–Trinajstić information content (AvgIpc) is 3.73. The van der Waals surface area contributed by atoms with Gasteiger partial charge in [0.25, 0.3) is 0 Å². The van der Waals surface area contributed by atoms with Crippen molar-refractivity contribution in [2.45, 2.75) is 0 Å². The molecule has 0 spiro atoms. The molecule has 5 heteroatoms. The highest BCUT2D eigenvalue weighted by molar-refractivity contribution is 6.24. The number of rotatable bonds is 2. The molecule has 5 nitrogen and oxygen atoms in total. The number of para-hydroxylation sites is 5. The first-order valence-corrected chi connectivity index (χ1v) is 14.3. The van der Waals surface area contributed by atoms with Crippen molar-refractivity contribution in [1.29, 1.82) is 0 Å². The molecule has 0 saturated heterocycles. The van der Waals surface area contributed by atoms with Crippen molar-refractivity contribution >= 4 is 76.6 Å². The van der Waals surface area contributed by atoms with E-state index in [1.54, 1.807) is 0 Å². The standard InChI is InChI=1S/C38H21N3O2/c1-5-16-29-26(12-1)35(28-15-9-14-25-23-11-3-7-18-31(23)43-37(25)28)40-38(39-29)41-30-17-6-2-10-22(30)24-20-21-33-34(36(24)41)27-13-4-8-19-32(27)42-33/h1-21H. The van der Waals surface area contributed by atoms with Gasteiger partial charge in [-0.2, -0.15) is 0 Å². The van der Waals surface area contributed by atoms with Gasteiger partial charge >= 0.3 is 0 Å². The first-order valence-electron chi connectivity index (χ1n) is 14.3. The van der Waals surface area contributed by atoms with Gasteiger partial charge in [0, 0.05) is 37.9 Å². The summed E-state index contributed by atoms with van der Waals surface area (Å²) in [5, 5.41) is 7.53. The molecule has 4 heterocycles. The van der Waals surface area contributed by atoms with Crippen LogP contribution in [0, 0.1) is 0 Å². The number of furan rings is 2. The van der Waals surface area contributed by atoms with Gasteiger partial charge in [-0.1, -0.05) is 84.9 Å². The van der Waals surface area contributed by atoms with E-state index in [1.807, 2.05) is 42.5 Å². The lowest BCUT2D eigenvalue weighted by molar-refractivity contribution is 0.669. The molecule has 0 bridgehead atoms. The Morgan fingerprint density at radius 2 is 1.16 bits per heavy atom. The molecule has 0 fully saturated rings. The van der Waals surface area contributed by atoms with E-state index in [0.29, 0.717) is 5.95 Å². The highest BCUT2D eigenvalue weighted by atomic mass is 16.3. The van der Waals surface area contributed by atoms with Crippen LogP contribution in [0.5, 0.6) is 0 Å². The van der Waals surface area contributed by atoms with Gasteiger partial charge < -0.3 is 8.83 Å². The van der Waals surface area contributed by atoms with Gasteiger partial charge in [-0.25, -0.2) is 9.97 Å². The predicted octanol–water partition coefficient (Wildman–Crippen LogP) is 10.2. The first-order chi connectivity index (χ1) is 21.3. The molecule has 0 amide bonds. The van der Waals surface area contributed by atoms with Gasteiger partial charge in [0.05, 0.1) is 27.6 Å². The van der Waals surface area contributed by atoms with Crippen molar-refractivity contribution in [3.63, 3.8) is 0 Å². The Hall–Kier alpha value is -5.94. The fraction of sp³-hybridized carbons (Fsp3) is 0. The van der Waals surface area contributed by atoms with E-state index in [0.717, 1.165) is 87.8 Å². The quantitative estimate of drug-likeness (QED) is 0.214. The Balaban J connectivity index is 1.38. The van der Waals surface area contributed by atoms with Crippen molar-refractivity contribution in [3.05, 3.63) is 127 Å². The van der Waals surface area contributed by atoms with Crippen LogP contribution in [0.1, 0.15) is 0 Å². The average molecular weight is 552 g/mol. The second-order valence-corrected chi connectivity index (χ2v) is 11.0. The van der Waals surface area contributed by atoms with Gasteiger partial charge in [-0.05, 0) is 42.5 Å². The normalized spacial score (nSPS) is 12.2. The maximum absolute atomic E-state index is 6.47. The maximum atomic E-state index is 6.47. The number of nitrogens with zero attached hydrogens (tertiary/aromatic N) is 3. The maximum Gasteiger partial charge on any atom is 0.235 e. The fourth-order valence-electron chi connectivity index (χ4n) is 6.78. The van der Waals surface area contributed by atoms with Crippen molar-refractivity contribution in [2.75, 3.05) is 0 Å². The molecular formula is C38H21N3O2. The van der Waals surface area contributed by atoms with E-state index in [2.05, 4.69) is 89.5 Å². The monoisotopic (exact) mass is 551 g/mol. The van der Waals surface area contributed by atoms with Gasteiger partial charge in [0.1, 0.15) is 22.3 Å². The molecule has 0 saturated carbocycles. The Labute approximate surface area is 244 Å². The number of aromatic nitrogens is 3. The predicted molar refractivity (Wildman–Crippen MR) is 174 cm³/mol. The third-order valence-electron chi connectivity index (χ3n) is 8.63. The second-order valence-electron chi connectivity index (χ2n) is 11.0. The number of fused-ring (bicyclic) bond motifs is 11. The Bertz CT molecular complexity index is 2750. The molecule has 0 N–H and O–H groups in total. The van der Waals surface area contributed by atoms with E-state index in [1.165, 1.54) is 0 Å². The summed E-state index contributed by atoms with van der Waals surface area (Å²) in [6.45, 7) is 0. The largest absolute Gasteiger partial charge is 0.456 e. The Morgan fingerprint density at radius 3 is 2.05 bits per heavy atom. The molecule has 10 rings (SSSR count). The molecule has 0 radical (unpaired) electrons. The van der Waals surface area contributed by atoms with Crippen molar-refractivity contribution < 1.29 is 8.83 Å². The van der Waals surface area contributed by atoms with Crippen LogP contribution >= 0.6 is 0 Å². The third-order valence-corrected chi connectivity index (χ3v) is 8.63. The van der Waals surface area contributed by atoms with Crippen LogP contribution in [0.2, 0.25) is 0 Å². The summed E-state index contributed by atoms with van der Waals surface area (Å²) in [7, 11) is 0. The minimum Gasteiger partial charge on any atom is -0.456 e. The minimum atomic E-state index is 0.603. The number of hydrogen-bond acceptors (Lipinski definition) is 4. The first kappa shape index (κ1) is 22.7. The van der Waals surface area contributed by atoms with E-state index in [9.17, 15) is 0 Å². The second kappa shape index (κ2) is 8.30. The van der Waals surface area contributed by atoms with Gasteiger partial charge in [0.15, 0.2) is 0 Å². The molecule has 0 aliphatic carbocycles. The lowest BCUT2D eigenvalue weighted by Gasteiger charge is -2.12. The van der Waals surface area contributed by atoms with Crippen molar-refractivity contribution in [1.82, 2.24) is 14.5 Å². The molecule has 6 aromatic carbocycles. The summed E-state index contributed by atoms with van der Waals surface area (Å²) < 4.78 is 15.0. The van der Waals surface area contributed by atoms with E-state index in [-0.39, 0.29) is 0 Å². The lowest BCUT2D eigenvalue weighted by atomic mass is 10.0. The van der Waals surface area contributed by atoms with Crippen LogP contribution in [0.15, 0.2) is 136 Å². The van der Waals surface area contributed by atoms with Crippen LogP contribution in [0.25, 0.3) is 93.8 Å². The lowest BCUT2D eigenvalue weighted by Crippen LogP contribution is -2.03. The Morgan fingerprint density at radius 1 is 0.465 bits per heavy atom. The highest BCUT2D eigenvalue weighted by Crippen LogP contribution is 2.42. The van der Waals surface area contributed by atoms with Crippen LogP contribution in [0.4, 0.5) is 0 Å². The molecule has 200 valence electrons. The van der Waals surface area contributed by atoms with Crippen LogP contribution in [-0.2, 0) is 0 Å². The van der Waals surface area contributed by atoms with E-state index < -0.39 is 0 Å². The molecule has 0 aliphatic heterocycles. The molecular weight excluding hydrogens is 530 g/mol. The molecule has 0 aliphatic rings. The van der Waals surface area contributed by atoms with Crippen LogP contribution in [-0.4, -0.2) is 14.5 Å². The SMILES string of the molecule is c1ccc2c(-c3cccc4c3oc3ccccc34)nc(-n3c4ccccc4c4ccc5oc6ccccc6c5c43)nc2c1. The van der Waals surface area contributed by atoms with E-state index in [4.69, 9.17) is 18.8 Å². The molecule has 43 heavy (non-hydrogen) atoms. The summed E-state index contributed by atoms with van der Waals surface area (Å²) in [5.74, 6) is 0.603. The Kier molecular flexibility index (Phi) is 4.39. The van der Waals surface area contributed by atoms with Gasteiger partial charge in [-0.3, -0.25) is 4.57 Å². The van der Waals surface area contributed by atoms with Crippen LogP contribution < -0.4 is 0 Å². The summed E-state index contributed by atoms with van der Waals surface area (Å²) in [6.07, 6.45) is 0. The summed E-state index contributed by atoms with van der Waals surface area (Å²) >= 11 is 0. The van der Waals surface area contributed by atoms with Gasteiger partial charge in [0.2, 0.25) is 5.95 Å². The summed E-state index contributed by atoms with van der Waals surface area (Å²) in [6, 6.07) is 43.6. The molecule has 4 aromatic heterocycles. The minimum absolute atomic E-state index is 0.603. The van der Waals surface area contributed by atoms with Gasteiger partial charge in [-0.15, -0.1) is 0 Å². The molecule has 0 atom stereocenters. The fourth-order valence-corrected chi connectivity index (χ4v) is 6.78. The van der Waals surface area contributed by atoms with Crippen LogP contribution in [0.3, 0.4) is 0 Å². The smallest absolute Gasteiger partial charge is 0.235 e. The van der Waals surface area contributed by atoms with Crippen molar-refractivity contribution in [3.8, 4) is 17.2 Å². The summed E-state index contributed by atoms with van der Waals surface area (Å²) in [4.78, 5) is 10.6. The highest BCUT2D eigenvalue weighted by Gasteiger charge is 2.22. The number of benzene rings is 6.